The molecular weight excluding hydrogens is 312 g/mol. The van der Waals surface area contributed by atoms with Crippen molar-refractivity contribution in [2.24, 2.45) is 0 Å². The molecule has 0 bridgehead atoms. The Balaban J connectivity index is 1.96. The van der Waals surface area contributed by atoms with E-state index in [4.69, 9.17) is 4.74 Å². The molecule has 6 heteroatoms. The molecule has 0 unspecified atom stereocenters. The molecule has 1 heterocycles. The zero-order chi connectivity index (χ0) is 16.9. The van der Waals surface area contributed by atoms with Crippen molar-refractivity contribution in [3.05, 3.63) is 24.3 Å². The van der Waals surface area contributed by atoms with E-state index in [0.717, 1.165) is 19.6 Å². The number of rotatable bonds is 7. The zero-order valence-corrected chi connectivity index (χ0v) is 15.2. The average Bonchev–Trinajstić information content (AvgIpc) is 2.53. The summed E-state index contributed by atoms with van der Waals surface area (Å²) >= 11 is 0. The summed E-state index contributed by atoms with van der Waals surface area (Å²) in [5, 5.41) is 0. The molecular formula is C17H28N2O3S. The Labute approximate surface area is 140 Å². The van der Waals surface area contributed by atoms with Crippen LogP contribution >= 0.6 is 0 Å². The van der Waals surface area contributed by atoms with Crippen molar-refractivity contribution < 1.29 is 13.2 Å². The van der Waals surface area contributed by atoms with Crippen molar-refractivity contribution in [2.75, 3.05) is 33.2 Å². The molecule has 0 radical (unpaired) electrons. The molecule has 1 aromatic carbocycles. The van der Waals surface area contributed by atoms with Gasteiger partial charge in [0.15, 0.2) is 0 Å². The van der Waals surface area contributed by atoms with E-state index >= 15 is 0 Å². The van der Waals surface area contributed by atoms with Gasteiger partial charge in [0, 0.05) is 20.1 Å². The molecule has 23 heavy (non-hydrogen) atoms. The first-order valence-electron chi connectivity index (χ1n) is 8.35. The SMILES string of the molecule is CC(C)Oc1ccc(S(=O)(=O)N(C)CCN2CCCCC2)cc1. The van der Waals surface area contributed by atoms with Crippen LogP contribution in [0.3, 0.4) is 0 Å². The van der Waals surface area contributed by atoms with Crippen molar-refractivity contribution in [1.82, 2.24) is 9.21 Å². The number of ether oxygens (including phenoxy) is 1. The van der Waals surface area contributed by atoms with Crippen molar-refractivity contribution in [1.29, 1.82) is 0 Å². The molecule has 1 aromatic rings. The molecule has 1 fully saturated rings. The Bertz CT molecular complexity index is 578. The van der Waals surface area contributed by atoms with E-state index in [1.54, 1.807) is 31.3 Å². The van der Waals surface area contributed by atoms with Crippen LogP contribution in [0.4, 0.5) is 0 Å². The minimum absolute atomic E-state index is 0.0738. The van der Waals surface area contributed by atoms with Gasteiger partial charge in [-0.2, -0.15) is 4.31 Å². The summed E-state index contributed by atoms with van der Waals surface area (Å²) < 4.78 is 32.2. The van der Waals surface area contributed by atoms with E-state index in [9.17, 15) is 8.42 Å². The van der Waals surface area contributed by atoms with Gasteiger partial charge in [-0.05, 0) is 64.0 Å². The summed E-state index contributed by atoms with van der Waals surface area (Å²) in [5.74, 6) is 0.690. The lowest BCUT2D eigenvalue weighted by Gasteiger charge is -2.28. The lowest BCUT2D eigenvalue weighted by atomic mass is 10.1. The lowest BCUT2D eigenvalue weighted by Crippen LogP contribution is -2.38. The fraction of sp³-hybridized carbons (Fsp3) is 0.647. The van der Waals surface area contributed by atoms with E-state index < -0.39 is 10.0 Å². The summed E-state index contributed by atoms with van der Waals surface area (Å²) in [5.41, 5.74) is 0. The maximum atomic E-state index is 12.6. The molecule has 0 amide bonds. The number of likely N-dealkylation sites (tertiary alicyclic amines) is 1. The highest BCUT2D eigenvalue weighted by Crippen LogP contribution is 2.20. The molecule has 0 aliphatic carbocycles. The largest absolute Gasteiger partial charge is 0.491 e. The second-order valence-electron chi connectivity index (χ2n) is 6.37. The lowest BCUT2D eigenvalue weighted by molar-refractivity contribution is 0.218. The van der Waals surface area contributed by atoms with E-state index in [2.05, 4.69) is 4.90 Å². The molecule has 1 aliphatic heterocycles. The normalized spacial score (nSPS) is 16.9. The van der Waals surface area contributed by atoms with Gasteiger partial charge in [0.25, 0.3) is 0 Å². The van der Waals surface area contributed by atoms with Crippen molar-refractivity contribution in [3.63, 3.8) is 0 Å². The second-order valence-corrected chi connectivity index (χ2v) is 8.41. The monoisotopic (exact) mass is 340 g/mol. The molecule has 2 rings (SSSR count). The minimum Gasteiger partial charge on any atom is -0.491 e. The predicted octanol–water partition coefficient (Wildman–Crippen LogP) is 2.58. The zero-order valence-electron chi connectivity index (χ0n) is 14.4. The first-order valence-corrected chi connectivity index (χ1v) is 9.79. The van der Waals surface area contributed by atoms with Gasteiger partial charge in [-0.25, -0.2) is 8.42 Å². The van der Waals surface area contributed by atoms with Crippen LogP contribution in [0.25, 0.3) is 0 Å². The van der Waals surface area contributed by atoms with Gasteiger partial charge in [0.2, 0.25) is 10.0 Å². The first-order chi connectivity index (χ1) is 10.9. The quantitative estimate of drug-likeness (QED) is 0.765. The number of hydrogen-bond acceptors (Lipinski definition) is 4. The van der Waals surface area contributed by atoms with Crippen LogP contribution in [0, 0.1) is 0 Å². The molecule has 0 spiro atoms. The van der Waals surface area contributed by atoms with E-state index in [1.165, 1.54) is 23.6 Å². The van der Waals surface area contributed by atoms with Crippen molar-refractivity contribution in [2.45, 2.75) is 44.1 Å². The van der Waals surface area contributed by atoms with Crippen molar-refractivity contribution in [3.8, 4) is 5.75 Å². The third kappa shape index (κ3) is 5.19. The predicted molar refractivity (Wildman–Crippen MR) is 92.3 cm³/mol. The molecule has 0 saturated carbocycles. The minimum atomic E-state index is -3.43. The van der Waals surface area contributed by atoms with Gasteiger partial charge in [-0.1, -0.05) is 6.42 Å². The number of piperidine rings is 1. The van der Waals surface area contributed by atoms with Crippen LogP contribution in [0.5, 0.6) is 5.75 Å². The molecule has 1 aliphatic rings. The molecule has 1 saturated heterocycles. The highest BCUT2D eigenvalue weighted by molar-refractivity contribution is 7.89. The number of likely N-dealkylation sites (N-methyl/N-ethyl adjacent to an activating group) is 1. The summed E-state index contributed by atoms with van der Waals surface area (Å²) in [6.07, 6.45) is 3.79. The van der Waals surface area contributed by atoms with Crippen LogP contribution in [0.1, 0.15) is 33.1 Å². The summed E-state index contributed by atoms with van der Waals surface area (Å²) in [7, 11) is -1.78. The molecule has 0 atom stereocenters. The number of nitrogens with zero attached hydrogens (tertiary/aromatic N) is 2. The molecule has 0 N–H and O–H groups in total. The van der Waals surface area contributed by atoms with Crippen LogP contribution in [-0.2, 0) is 10.0 Å². The summed E-state index contributed by atoms with van der Waals surface area (Å²) in [6.45, 7) is 7.36. The summed E-state index contributed by atoms with van der Waals surface area (Å²) in [6, 6.07) is 6.66. The van der Waals surface area contributed by atoms with Crippen LogP contribution < -0.4 is 4.74 Å². The van der Waals surface area contributed by atoms with E-state index in [0.29, 0.717) is 17.2 Å². The van der Waals surface area contributed by atoms with Gasteiger partial charge in [0.1, 0.15) is 5.75 Å². The van der Waals surface area contributed by atoms with E-state index in [-0.39, 0.29) is 6.10 Å². The van der Waals surface area contributed by atoms with Crippen LogP contribution in [0.2, 0.25) is 0 Å². The van der Waals surface area contributed by atoms with Crippen LogP contribution in [0.15, 0.2) is 29.2 Å². The third-order valence-electron chi connectivity index (χ3n) is 4.08. The highest BCUT2D eigenvalue weighted by Gasteiger charge is 2.21. The van der Waals surface area contributed by atoms with E-state index in [1.807, 2.05) is 13.8 Å². The fourth-order valence-electron chi connectivity index (χ4n) is 2.73. The number of hydrogen-bond donors (Lipinski definition) is 0. The third-order valence-corrected chi connectivity index (χ3v) is 5.95. The Morgan fingerprint density at radius 2 is 1.74 bits per heavy atom. The van der Waals surface area contributed by atoms with Gasteiger partial charge in [-0.3, -0.25) is 0 Å². The number of sulfonamides is 1. The topological polar surface area (TPSA) is 49.9 Å². The first kappa shape index (κ1) is 18.2. The molecule has 130 valence electrons. The van der Waals surface area contributed by atoms with Gasteiger partial charge in [-0.15, -0.1) is 0 Å². The van der Waals surface area contributed by atoms with Crippen LogP contribution in [-0.4, -0.2) is 57.0 Å². The molecule has 0 aromatic heterocycles. The molecule has 5 nitrogen and oxygen atoms in total. The Morgan fingerprint density at radius 3 is 2.30 bits per heavy atom. The Morgan fingerprint density at radius 1 is 1.13 bits per heavy atom. The average molecular weight is 340 g/mol. The number of benzene rings is 1. The fourth-order valence-corrected chi connectivity index (χ4v) is 3.89. The smallest absolute Gasteiger partial charge is 0.242 e. The highest BCUT2D eigenvalue weighted by atomic mass is 32.2. The Hall–Kier alpha value is -1.11. The van der Waals surface area contributed by atoms with Gasteiger partial charge >= 0.3 is 0 Å². The second kappa shape index (κ2) is 8.13. The van der Waals surface area contributed by atoms with Gasteiger partial charge < -0.3 is 9.64 Å². The standard InChI is InChI=1S/C17H28N2O3S/c1-15(2)22-16-7-9-17(10-8-16)23(20,21)18(3)13-14-19-11-5-4-6-12-19/h7-10,15H,4-6,11-14H2,1-3H3. The Kier molecular flexibility index (Phi) is 6.44. The van der Waals surface area contributed by atoms with Gasteiger partial charge in [0.05, 0.1) is 11.0 Å². The van der Waals surface area contributed by atoms with Crippen molar-refractivity contribution >= 4 is 10.0 Å². The maximum Gasteiger partial charge on any atom is 0.242 e. The maximum absolute atomic E-state index is 12.6. The summed E-state index contributed by atoms with van der Waals surface area (Å²) in [4.78, 5) is 2.66.